The summed E-state index contributed by atoms with van der Waals surface area (Å²) in [5, 5.41) is 10.9. The van der Waals surface area contributed by atoms with Crippen LogP contribution in [0, 0.1) is 5.92 Å². The molecule has 1 saturated carbocycles. The first-order valence-corrected chi connectivity index (χ1v) is 7.01. The number of amides is 1. The van der Waals surface area contributed by atoms with E-state index in [2.05, 4.69) is 15.5 Å². The van der Waals surface area contributed by atoms with Crippen LogP contribution in [0.15, 0.2) is 28.7 Å². The van der Waals surface area contributed by atoms with Crippen LogP contribution in [0.25, 0.3) is 11.5 Å². The topological polar surface area (TPSA) is 77.3 Å². The number of methoxy groups -OCH3 is 1. The van der Waals surface area contributed by atoms with Gasteiger partial charge in [-0.25, -0.2) is 0 Å². The van der Waals surface area contributed by atoms with Crippen LogP contribution in [-0.4, -0.2) is 29.8 Å². The third kappa shape index (κ3) is 3.39. The number of nitrogens with one attached hydrogen (secondary N) is 1. The second-order valence-electron chi connectivity index (χ2n) is 5.04. The van der Waals surface area contributed by atoms with Gasteiger partial charge in [0.1, 0.15) is 5.75 Å². The third-order valence-corrected chi connectivity index (χ3v) is 3.39. The van der Waals surface area contributed by atoms with E-state index in [4.69, 9.17) is 9.15 Å². The molecule has 1 aliphatic carbocycles. The Balaban J connectivity index is 1.55. The molecule has 0 atom stereocenters. The van der Waals surface area contributed by atoms with E-state index >= 15 is 0 Å². The number of carbonyl (C=O) groups excluding carboxylic acids is 1. The molecule has 1 amide bonds. The van der Waals surface area contributed by atoms with Gasteiger partial charge in [0.15, 0.2) is 0 Å². The molecule has 0 aliphatic heterocycles. The molecule has 21 heavy (non-hydrogen) atoms. The highest BCUT2D eigenvalue weighted by Crippen LogP contribution is 2.28. The Morgan fingerprint density at radius 1 is 1.33 bits per heavy atom. The van der Waals surface area contributed by atoms with E-state index in [0.717, 1.165) is 24.2 Å². The molecule has 3 rings (SSSR count). The molecule has 1 aromatic carbocycles. The zero-order valence-corrected chi connectivity index (χ0v) is 11.8. The Hall–Kier alpha value is -2.37. The van der Waals surface area contributed by atoms with E-state index in [-0.39, 0.29) is 11.8 Å². The Labute approximate surface area is 122 Å². The van der Waals surface area contributed by atoms with Crippen LogP contribution in [0.1, 0.15) is 18.7 Å². The van der Waals surface area contributed by atoms with Crippen LogP contribution in [-0.2, 0) is 11.2 Å². The molecule has 6 heteroatoms. The summed E-state index contributed by atoms with van der Waals surface area (Å²) in [6.45, 7) is 0.527. The molecule has 2 aromatic rings. The molecule has 0 spiro atoms. The van der Waals surface area contributed by atoms with Gasteiger partial charge in [0.05, 0.1) is 7.11 Å². The molecular weight excluding hydrogens is 270 g/mol. The molecule has 110 valence electrons. The normalized spacial score (nSPS) is 14.0. The van der Waals surface area contributed by atoms with Gasteiger partial charge in [-0.15, -0.1) is 10.2 Å². The van der Waals surface area contributed by atoms with Crippen molar-refractivity contribution in [3.8, 4) is 17.2 Å². The summed E-state index contributed by atoms with van der Waals surface area (Å²) in [4.78, 5) is 11.5. The van der Waals surface area contributed by atoms with Crippen LogP contribution in [0.4, 0.5) is 0 Å². The molecule has 0 bridgehead atoms. The van der Waals surface area contributed by atoms with Crippen molar-refractivity contribution in [2.45, 2.75) is 19.3 Å². The maximum Gasteiger partial charge on any atom is 0.247 e. The third-order valence-electron chi connectivity index (χ3n) is 3.39. The van der Waals surface area contributed by atoms with E-state index in [1.165, 1.54) is 0 Å². The zero-order valence-electron chi connectivity index (χ0n) is 11.8. The monoisotopic (exact) mass is 287 g/mol. The molecule has 1 N–H and O–H groups in total. The molecule has 0 unspecified atom stereocenters. The number of nitrogens with zero attached hydrogens (tertiary/aromatic N) is 2. The van der Waals surface area contributed by atoms with Crippen molar-refractivity contribution in [1.29, 1.82) is 0 Å². The van der Waals surface area contributed by atoms with Gasteiger partial charge in [-0.2, -0.15) is 0 Å². The molecule has 0 saturated heterocycles. The standard InChI is InChI=1S/C15H17N3O3/c1-20-12-6-4-11(5-7-12)15-18-17-13(21-15)8-9-16-14(19)10-2-3-10/h4-7,10H,2-3,8-9H2,1H3,(H,16,19). The van der Waals surface area contributed by atoms with E-state index in [9.17, 15) is 4.79 Å². The van der Waals surface area contributed by atoms with Crippen LogP contribution < -0.4 is 10.1 Å². The Kier molecular flexibility index (Phi) is 3.85. The minimum atomic E-state index is 0.130. The summed E-state index contributed by atoms with van der Waals surface area (Å²) >= 11 is 0. The first-order chi connectivity index (χ1) is 10.3. The van der Waals surface area contributed by atoms with Gasteiger partial charge < -0.3 is 14.5 Å². The summed E-state index contributed by atoms with van der Waals surface area (Å²) in [5.41, 5.74) is 0.844. The van der Waals surface area contributed by atoms with Crippen molar-refractivity contribution in [2.75, 3.05) is 13.7 Å². The fourth-order valence-corrected chi connectivity index (χ4v) is 1.99. The van der Waals surface area contributed by atoms with Crippen LogP contribution in [0.5, 0.6) is 5.75 Å². The fraction of sp³-hybridized carbons (Fsp3) is 0.400. The highest BCUT2D eigenvalue weighted by atomic mass is 16.5. The lowest BCUT2D eigenvalue weighted by atomic mass is 10.2. The van der Waals surface area contributed by atoms with E-state index < -0.39 is 0 Å². The van der Waals surface area contributed by atoms with E-state index in [1.54, 1.807) is 7.11 Å². The SMILES string of the molecule is COc1ccc(-c2nnc(CCNC(=O)C3CC3)o2)cc1. The fourth-order valence-electron chi connectivity index (χ4n) is 1.99. The molecule has 1 heterocycles. The Morgan fingerprint density at radius 2 is 2.10 bits per heavy atom. The van der Waals surface area contributed by atoms with E-state index in [0.29, 0.717) is 24.7 Å². The lowest BCUT2D eigenvalue weighted by Crippen LogP contribution is -2.26. The van der Waals surface area contributed by atoms with Gasteiger partial charge in [0.25, 0.3) is 0 Å². The maximum absolute atomic E-state index is 11.5. The second kappa shape index (κ2) is 5.95. The lowest BCUT2D eigenvalue weighted by Gasteiger charge is -2.01. The molecule has 0 radical (unpaired) electrons. The minimum absolute atomic E-state index is 0.130. The van der Waals surface area contributed by atoms with Crippen molar-refractivity contribution in [3.63, 3.8) is 0 Å². The predicted molar refractivity (Wildman–Crippen MR) is 75.7 cm³/mol. The van der Waals surface area contributed by atoms with Gasteiger partial charge in [-0.05, 0) is 37.1 Å². The number of hydrogen-bond acceptors (Lipinski definition) is 5. The van der Waals surface area contributed by atoms with Gasteiger partial charge in [-0.1, -0.05) is 0 Å². The number of hydrogen-bond donors (Lipinski definition) is 1. The van der Waals surface area contributed by atoms with Crippen LogP contribution in [0.3, 0.4) is 0 Å². The van der Waals surface area contributed by atoms with E-state index in [1.807, 2.05) is 24.3 Å². The van der Waals surface area contributed by atoms with Gasteiger partial charge in [0, 0.05) is 24.4 Å². The number of aromatic nitrogens is 2. The number of benzene rings is 1. The molecule has 1 aromatic heterocycles. The van der Waals surface area contributed by atoms with Gasteiger partial charge >= 0.3 is 0 Å². The summed E-state index contributed by atoms with van der Waals surface area (Å²) < 4.78 is 10.7. The van der Waals surface area contributed by atoms with Gasteiger partial charge in [-0.3, -0.25) is 4.79 Å². The molecule has 6 nitrogen and oxygen atoms in total. The quantitative estimate of drug-likeness (QED) is 0.876. The maximum atomic E-state index is 11.5. The van der Waals surface area contributed by atoms with Crippen molar-refractivity contribution >= 4 is 5.91 Å². The average molecular weight is 287 g/mol. The molecule has 1 fully saturated rings. The summed E-state index contributed by atoms with van der Waals surface area (Å²) in [6, 6.07) is 7.42. The summed E-state index contributed by atoms with van der Waals surface area (Å²) in [5.74, 6) is 2.13. The van der Waals surface area contributed by atoms with Gasteiger partial charge in [0.2, 0.25) is 17.7 Å². The zero-order chi connectivity index (χ0) is 14.7. The summed E-state index contributed by atoms with van der Waals surface area (Å²) in [7, 11) is 1.62. The van der Waals surface area contributed by atoms with Crippen LogP contribution in [0.2, 0.25) is 0 Å². The highest BCUT2D eigenvalue weighted by molar-refractivity contribution is 5.80. The average Bonchev–Trinajstić information content (AvgIpc) is 3.27. The number of ether oxygens (including phenoxy) is 1. The molecular formula is C15H17N3O3. The number of carbonyl (C=O) groups is 1. The smallest absolute Gasteiger partial charge is 0.247 e. The Bertz CT molecular complexity index is 617. The van der Waals surface area contributed by atoms with Crippen LogP contribution >= 0.6 is 0 Å². The predicted octanol–water partition coefficient (Wildman–Crippen LogP) is 1.81. The van der Waals surface area contributed by atoms with Crippen molar-refractivity contribution in [2.24, 2.45) is 5.92 Å². The first-order valence-electron chi connectivity index (χ1n) is 7.01. The second-order valence-corrected chi connectivity index (χ2v) is 5.04. The summed E-state index contributed by atoms with van der Waals surface area (Å²) in [6.07, 6.45) is 2.56. The largest absolute Gasteiger partial charge is 0.497 e. The van der Waals surface area contributed by atoms with Crippen molar-refractivity contribution in [3.05, 3.63) is 30.2 Å². The molecule has 1 aliphatic rings. The van der Waals surface area contributed by atoms with Crippen molar-refractivity contribution < 1.29 is 13.9 Å². The lowest BCUT2D eigenvalue weighted by molar-refractivity contribution is -0.122. The first kappa shape index (κ1) is 13.6. The minimum Gasteiger partial charge on any atom is -0.497 e. The van der Waals surface area contributed by atoms with Crippen molar-refractivity contribution in [1.82, 2.24) is 15.5 Å². The Morgan fingerprint density at radius 3 is 2.76 bits per heavy atom. The number of rotatable bonds is 6. The highest BCUT2D eigenvalue weighted by Gasteiger charge is 2.29.